The van der Waals surface area contributed by atoms with Gasteiger partial charge in [-0.25, -0.2) is 9.78 Å². The van der Waals surface area contributed by atoms with Gasteiger partial charge in [-0.3, -0.25) is 24.1 Å². The van der Waals surface area contributed by atoms with Crippen molar-refractivity contribution in [2.75, 3.05) is 13.1 Å². The van der Waals surface area contributed by atoms with E-state index in [4.69, 9.17) is 0 Å². The molecule has 250 valence electrons. The van der Waals surface area contributed by atoms with Crippen molar-refractivity contribution in [2.24, 2.45) is 23.7 Å². The van der Waals surface area contributed by atoms with E-state index >= 15 is 0 Å². The maximum atomic E-state index is 13.6. The molecule has 0 fully saturated rings. The number of aliphatic hydroxyl groups is 1. The van der Waals surface area contributed by atoms with Crippen molar-refractivity contribution in [3.8, 4) is 0 Å². The topological polar surface area (TPSA) is 190 Å². The summed E-state index contributed by atoms with van der Waals surface area (Å²) in [5, 5.41) is 34.4. The first-order valence-electron chi connectivity index (χ1n) is 15.1. The van der Waals surface area contributed by atoms with Crippen molar-refractivity contribution in [1.82, 2.24) is 31.2 Å². The third-order valence-corrected chi connectivity index (χ3v) is 7.88. The Morgan fingerprint density at radius 1 is 0.886 bits per heavy atom. The number of nitrogens with one attached hydrogen (secondary N) is 4. The van der Waals surface area contributed by atoms with Crippen molar-refractivity contribution in [1.29, 1.82) is 0 Å². The van der Waals surface area contributed by atoms with Crippen LogP contribution in [0.2, 0.25) is 0 Å². The minimum Gasteiger partial charge on any atom is -0.465 e. The molecule has 0 unspecified atom stereocenters. The van der Waals surface area contributed by atoms with Gasteiger partial charge < -0.3 is 31.5 Å². The molecule has 0 aliphatic heterocycles. The lowest BCUT2D eigenvalue weighted by Crippen LogP contribution is -2.57. The van der Waals surface area contributed by atoms with Crippen LogP contribution < -0.4 is 21.3 Å². The summed E-state index contributed by atoms with van der Waals surface area (Å²) < 4.78 is 0. The fourth-order valence-electron chi connectivity index (χ4n) is 4.49. The van der Waals surface area contributed by atoms with Crippen molar-refractivity contribution in [2.45, 2.75) is 106 Å². The SMILES string of the molecule is CC(=O)NC[C@@H](C(=O)N[C@@H](CC(C)C)[C@@H](O)C[C@@H](C)C(=O)N[C@H](C(=O)NCC(C)C)C(C)C)N(Cc1nc(C)cs1)C(=O)O. The number of hydrogen-bond donors (Lipinski definition) is 6. The van der Waals surface area contributed by atoms with Crippen LogP contribution in [0.25, 0.3) is 0 Å². The summed E-state index contributed by atoms with van der Waals surface area (Å²) in [7, 11) is 0. The first kappa shape index (κ1) is 38.8. The molecule has 0 aliphatic rings. The Kier molecular flexibility index (Phi) is 16.3. The van der Waals surface area contributed by atoms with Crippen molar-refractivity contribution in [3.63, 3.8) is 0 Å². The number of aryl methyl sites for hydroxylation is 1. The number of nitrogens with zero attached hydrogens (tertiary/aromatic N) is 2. The maximum absolute atomic E-state index is 13.6. The number of aromatic nitrogens is 1. The number of amides is 5. The van der Waals surface area contributed by atoms with Crippen LogP contribution >= 0.6 is 11.3 Å². The summed E-state index contributed by atoms with van der Waals surface area (Å²) in [5.74, 6) is -2.39. The molecular formula is C30H52N6O7S. The van der Waals surface area contributed by atoms with Gasteiger partial charge in [0, 0.05) is 37.0 Å². The summed E-state index contributed by atoms with van der Waals surface area (Å²) in [6, 6.07) is -2.87. The van der Waals surface area contributed by atoms with Gasteiger partial charge in [0.25, 0.3) is 0 Å². The lowest BCUT2D eigenvalue weighted by atomic mass is 9.91. The number of rotatable bonds is 18. The van der Waals surface area contributed by atoms with E-state index in [0.717, 1.165) is 4.90 Å². The standard InChI is InChI=1S/C30H52N6O7S/c1-16(2)10-22(24(38)11-19(7)27(39)35-26(18(5)6)29(41)32-12-17(3)4)34-28(40)23(13-31-21(9)37)36(30(42)43)14-25-33-20(8)15-44-25/h15-19,22-24,26,38H,10-14H2,1-9H3,(H,31,37)(H,32,41)(H,34,40)(H,35,39)(H,42,43)/t19-,22+,23+,24+,26+/m1/s1. The molecule has 0 spiro atoms. The van der Waals surface area contributed by atoms with Gasteiger partial charge in [0.15, 0.2) is 0 Å². The van der Waals surface area contributed by atoms with Gasteiger partial charge in [-0.15, -0.1) is 11.3 Å². The molecule has 0 saturated heterocycles. The van der Waals surface area contributed by atoms with Crippen molar-refractivity contribution < 1.29 is 34.2 Å². The van der Waals surface area contributed by atoms with E-state index in [1.54, 1.807) is 19.2 Å². The molecule has 1 rings (SSSR count). The van der Waals surface area contributed by atoms with E-state index in [9.17, 15) is 34.2 Å². The van der Waals surface area contributed by atoms with Crippen LogP contribution in [-0.4, -0.2) is 87.1 Å². The van der Waals surface area contributed by atoms with Crippen LogP contribution in [-0.2, 0) is 25.7 Å². The van der Waals surface area contributed by atoms with Gasteiger partial charge in [0.1, 0.15) is 17.1 Å². The molecular weight excluding hydrogens is 588 g/mol. The Hall–Kier alpha value is -3.26. The normalized spacial score (nSPS) is 14.8. The first-order valence-corrected chi connectivity index (χ1v) is 16.0. The number of carbonyl (C=O) groups is 5. The van der Waals surface area contributed by atoms with Gasteiger partial charge in [0.05, 0.1) is 18.7 Å². The molecule has 44 heavy (non-hydrogen) atoms. The highest BCUT2D eigenvalue weighted by molar-refractivity contribution is 7.09. The minimum absolute atomic E-state index is 0.0146. The zero-order chi connectivity index (χ0) is 33.7. The molecule has 0 bridgehead atoms. The molecule has 0 aliphatic carbocycles. The Morgan fingerprint density at radius 2 is 1.52 bits per heavy atom. The Balaban J connectivity index is 3.10. The van der Waals surface area contributed by atoms with Crippen LogP contribution in [0.15, 0.2) is 5.38 Å². The largest absolute Gasteiger partial charge is 0.465 e. The number of carboxylic acid groups (broad SMARTS) is 1. The summed E-state index contributed by atoms with van der Waals surface area (Å²) in [5.41, 5.74) is 0.715. The Bertz CT molecular complexity index is 1110. The average Bonchev–Trinajstić information content (AvgIpc) is 3.32. The molecule has 0 radical (unpaired) electrons. The summed E-state index contributed by atoms with van der Waals surface area (Å²) in [6.45, 7) is 16.1. The zero-order valence-corrected chi connectivity index (χ0v) is 28.3. The number of hydrogen-bond acceptors (Lipinski definition) is 8. The molecule has 0 aromatic carbocycles. The van der Waals surface area contributed by atoms with E-state index in [1.165, 1.54) is 18.3 Å². The van der Waals surface area contributed by atoms with Crippen molar-refractivity contribution in [3.05, 3.63) is 16.1 Å². The van der Waals surface area contributed by atoms with Crippen LogP contribution in [0.5, 0.6) is 0 Å². The van der Waals surface area contributed by atoms with Gasteiger partial charge in [-0.1, -0.05) is 48.5 Å². The molecule has 5 amide bonds. The number of aliphatic hydroxyl groups excluding tert-OH is 1. The number of thiazole rings is 1. The van der Waals surface area contributed by atoms with Crippen LogP contribution in [0.3, 0.4) is 0 Å². The average molecular weight is 641 g/mol. The molecule has 13 nitrogen and oxygen atoms in total. The minimum atomic E-state index is -1.37. The second kappa shape index (κ2) is 18.5. The second-order valence-electron chi connectivity index (χ2n) is 12.6. The van der Waals surface area contributed by atoms with Crippen molar-refractivity contribution >= 4 is 41.1 Å². The number of carbonyl (C=O) groups excluding carboxylic acids is 4. The highest BCUT2D eigenvalue weighted by Crippen LogP contribution is 2.18. The third kappa shape index (κ3) is 13.6. The predicted octanol–water partition coefficient (Wildman–Crippen LogP) is 2.27. The monoisotopic (exact) mass is 640 g/mol. The molecule has 1 heterocycles. The Labute approximate surface area is 265 Å². The van der Waals surface area contributed by atoms with E-state index < -0.39 is 54.0 Å². The van der Waals surface area contributed by atoms with Crippen LogP contribution in [0.1, 0.15) is 78.9 Å². The van der Waals surface area contributed by atoms with E-state index in [-0.39, 0.29) is 43.2 Å². The Morgan fingerprint density at radius 3 is 2.00 bits per heavy atom. The van der Waals surface area contributed by atoms with Gasteiger partial charge >= 0.3 is 6.09 Å². The molecule has 14 heteroatoms. The second-order valence-corrected chi connectivity index (χ2v) is 13.5. The van der Waals surface area contributed by atoms with Gasteiger partial charge in [-0.2, -0.15) is 0 Å². The molecule has 0 saturated carbocycles. The van der Waals surface area contributed by atoms with E-state index in [1.807, 2.05) is 41.5 Å². The molecule has 1 aromatic rings. The lowest BCUT2D eigenvalue weighted by Gasteiger charge is -2.32. The smallest absolute Gasteiger partial charge is 0.408 e. The van der Waals surface area contributed by atoms with Gasteiger partial charge in [-0.05, 0) is 37.5 Å². The highest BCUT2D eigenvalue weighted by Gasteiger charge is 2.35. The van der Waals surface area contributed by atoms with Crippen LogP contribution in [0.4, 0.5) is 4.79 Å². The maximum Gasteiger partial charge on any atom is 0.408 e. The van der Waals surface area contributed by atoms with E-state index in [0.29, 0.717) is 23.7 Å². The summed E-state index contributed by atoms with van der Waals surface area (Å²) in [4.78, 5) is 68.6. The molecule has 5 atom stereocenters. The molecule has 1 aromatic heterocycles. The fraction of sp³-hybridized carbons (Fsp3) is 0.733. The quantitative estimate of drug-likeness (QED) is 0.141. The fourth-order valence-corrected chi connectivity index (χ4v) is 5.26. The van der Waals surface area contributed by atoms with Gasteiger partial charge in [0.2, 0.25) is 23.6 Å². The third-order valence-electron chi connectivity index (χ3n) is 6.93. The van der Waals surface area contributed by atoms with E-state index in [2.05, 4.69) is 26.3 Å². The first-order chi connectivity index (χ1) is 20.4. The lowest BCUT2D eigenvalue weighted by molar-refractivity contribution is -0.132. The highest BCUT2D eigenvalue weighted by atomic mass is 32.1. The summed E-state index contributed by atoms with van der Waals surface area (Å²) in [6.07, 6.45) is -2.19. The van der Waals surface area contributed by atoms with Crippen LogP contribution in [0, 0.1) is 30.6 Å². The predicted molar refractivity (Wildman–Crippen MR) is 169 cm³/mol. The summed E-state index contributed by atoms with van der Waals surface area (Å²) >= 11 is 1.26. The zero-order valence-electron chi connectivity index (χ0n) is 27.5. The molecule has 6 N–H and O–H groups in total.